The summed E-state index contributed by atoms with van der Waals surface area (Å²) in [6.45, 7) is 1.09. The molecule has 0 fully saturated rings. The summed E-state index contributed by atoms with van der Waals surface area (Å²) in [4.78, 5) is 10.6. The Morgan fingerprint density at radius 1 is 1.33 bits per heavy atom. The van der Waals surface area contributed by atoms with Crippen molar-refractivity contribution in [3.63, 3.8) is 0 Å². The molecule has 0 rings (SSSR count). The smallest absolute Gasteiger partial charge is 0.428 e. The van der Waals surface area contributed by atoms with E-state index in [0.29, 0.717) is 6.61 Å². The summed E-state index contributed by atoms with van der Waals surface area (Å²) in [5.41, 5.74) is 0. The lowest BCUT2D eigenvalue weighted by atomic mass is 10.5. The van der Waals surface area contributed by atoms with Crippen LogP contribution in [-0.4, -0.2) is 51.0 Å². The van der Waals surface area contributed by atoms with Crippen LogP contribution in [0.4, 0.5) is 4.79 Å². The van der Waals surface area contributed by atoms with Gasteiger partial charge in [0.25, 0.3) is 0 Å². The lowest BCUT2D eigenvalue weighted by molar-refractivity contribution is -0.870. The van der Waals surface area contributed by atoms with Crippen LogP contribution in [-0.2, 0) is 9.47 Å². The van der Waals surface area contributed by atoms with Gasteiger partial charge in [-0.2, -0.15) is 0 Å². The highest BCUT2D eigenvalue weighted by atomic mass is 35.5. The molecule has 0 radical (unpaired) electrons. The van der Waals surface area contributed by atoms with Gasteiger partial charge in [0.15, 0.2) is 6.07 Å². The summed E-state index contributed by atoms with van der Waals surface area (Å²) in [7, 11) is 6.03. The first-order valence-electron chi connectivity index (χ1n) is 3.61. The highest BCUT2D eigenvalue weighted by Gasteiger charge is 2.09. The first kappa shape index (κ1) is 11.5. The fourth-order valence-corrected chi connectivity index (χ4v) is 0.578. The number of rotatable bonds is 4. The van der Waals surface area contributed by atoms with Crippen molar-refractivity contribution in [2.24, 2.45) is 0 Å². The number of ether oxygens (including phenoxy) is 2. The van der Waals surface area contributed by atoms with E-state index >= 15 is 0 Å². The molecule has 5 heteroatoms. The molecule has 0 amide bonds. The Balaban J connectivity index is 3.37. The third kappa shape index (κ3) is 7.63. The Hall–Kier alpha value is -0.480. The van der Waals surface area contributed by atoms with Crippen LogP contribution < -0.4 is 0 Å². The quantitative estimate of drug-likeness (QED) is 0.383. The van der Waals surface area contributed by atoms with Crippen molar-refractivity contribution >= 4 is 17.8 Å². The van der Waals surface area contributed by atoms with E-state index in [1.54, 1.807) is 0 Å². The number of halogens is 1. The van der Waals surface area contributed by atoms with E-state index in [4.69, 9.17) is 16.3 Å². The van der Waals surface area contributed by atoms with Gasteiger partial charge in [-0.25, -0.2) is 4.79 Å². The van der Waals surface area contributed by atoms with Crippen LogP contribution in [0.15, 0.2) is 0 Å². The molecule has 0 aromatic carbocycles. The minimum Gasteiger partial charge on any atom is -0.428 e. The number of hydrogen-bond acceptors (Lipinski definition) is 3. The number of quaternary nitrogens is 1. The first-order chi connectivity index (χ1) is 5.45. The van der Waals surface area contributed by atoms with Gasteiger partial charge in [0.05, 0.1) is 21.1 Å². The zero-order valence-corrected chi connectivity index (χ0v) is 8.43. The number of likely N-dealkylation sites (N-methyl/N-ethyl adjacent to an activating group) is 1. The van der Waals surface area contributed by atoms with Gasteiger partial charge in [0, 0.05) is 0 Å². The molecule has 72 valence electrons. The Morgan fingerprint density at radius 2 is 1.92 bits per heavy atom. The highest BCUT2D eigenvalue weighted by molar-refractivity contribution is 6.17. The average molecular weight is 197 g/mol. The fraction of sp³-hybridized carbons (Fsp3) is 0.857. The number of carbonyl (C=O) groups is 1. The topological polar surface area (TPSA) is 35.5 Å². The van der Waals surface area contributed by atoms with E-state index in [2.05, 4.69) is 4.74 Å². The Kier molecular flexibility index (Phi) is 5.01. The lowest BCUT2D eigenvalue weighted by Gasteiger charge is -2.23. The molecule has 12 heavy (non-hydrogen) atoms. The molecule has 0 bridgehead atoms. The van der Waals surface area contributed by atoms with Gasteiger partial charge in [-0.3, -0.25) is 0 Å². The first-order valence-corrected chi connectivity index (χ1v) is 4.15. The van der Waals surface area contributed by atoms with Crippen molar-refractivity contribution in [3.8, 4) is 0 Å². The van der Waals surface area contributed by atoms with E-state index < -0.39 is 6.16 Å². The molecular formula is C7H15ClNO3+. The summed E-state index contributed by atoms with van der Waals surface area (Å²) >= 11 is 5.14. The molecule has 0 aromatic rings. The van der Waals surface area contributed by atoms with E-state index in [1.807, 2.05) is 21.1 Å². The average Bonchev–Trinajstić information content (AvgIpc) is 1.84. The number of carbonyl (C=O) groups excluding carboxylic acids is 1. The molecular weight excluding hydrogens is 182 g/mol. The molecule has 0 spiro atoms. The predicted octanol–water partition coefficient (Wildman–Crippen LogP) is 1.04. The van der Waals surface area contributed by atoms with Crippen LogP contribution >= 0.6 is 11.6 Å². The number of nitrogens with zero attached hydrogens (tertiary/aromatic N) is 1. The van der Waals surface area contributed by atoms with Crippen molar-refractivity contribution in [2.45, 2.75) is 0 Å². The van der Waals surface area contributed by atoms with Gasteiger partial charge in [-0.05, 0) is 0 Å². The standard InChI is InChI=1S/C7H15ClNO3/c1-9(2,3)4-5-11-7(10)12-6-8/h4-6H2,1-3H3/q+1. The minimum absolute atomic E-state index is 0.163. The molecule has 0 aliphatic rings. The Labute approximate surface area is 77.6 Å². The van der Waals surface area contributed by atoms with Crippen molar-refractivity contribution in [1.82, 2.24) is 0 Å². The van der Waals surface area contributed by atoms with Crippen molar-refractivity contribution in [3.05, 3.63) is 0 Å². The molecule has 0 aliphatic carbocycles. The maximum absolute atomic E-state index is 10.6. The monoisotopic (exact) mass is 196 g/mol. The van der Waals surface area contributed by atoms with Gasteiger partial charge in [0.2, 0.25) is 0 Å². The summed E-state index contributed by atoms with van der Waals surface area (Å²) in [5, 5.41) is 0. The molecule has 0 saturated heterocycles. The maximum Gasteiger partial charge on any atom is 0.509 e. The number of hydrogen-bond donors (Lipinski definition) is 0. The second-order valence-corrected chi connectivity index (χ2v) is 3.58. The second-order valence-electron chi connectivity index (χ2n) is 3.37. The van der Waals surface area contributed by atoms with Crippen LogP contribution in [0.1, 0.15) is 0 Å². The fourth-order valence-electron chi connectivity index (χ4n) is 0.489. The SMILES string of the molecule is C[N+](C)(C)CCOC(=O)OCCl. The zero-order chi connectivity index (χ0) is 9.61. The minimum atomic E-state index is -0.710. The van der Waals surface area contributed by atoms with Crippen LogP contribution in [0, 0.1) is 0 Å². The zero-order valence-electron chi connectivity index (χ0n) is 7.67. The summed E-state index contributed by atoms with van der Waals surface area (Å²) in [6.07, 6.45) is -0.710. The van der Waals surface area contributed by atoms with Crippen molar-refractivity contribution in [2.75, 3.05) is 40.4 Å². The van der Waals surface area contributed by atoms with Crippen LogP contribution in [0.2, 0.25) is 0 Å². The van der Waals surface area contributed by atoms with Gasteiger partial charge in [0.1, 0.15) is 13.2 Å². The third-order valence-electron chi connectivity index (χ3n) is 1.15. The molecule has 0 atom stereocenters. The molecule has 0 saturated carbocycles. The van der Waals surface area contributed by atoms with Gasteiger partial charge in [-0.15, -0.1) is 0 Å². The van der Waals surface area contributed by atoms with Gasteiger partial charge in [-0.1, -0.05) is 11.6 Å². The van der Waals surface area contributed by atoms with E-state index in [1.165, 1.54) is 0 Å². The highest BCUT2D eigenvalue weighted by Crippen LogP contribution is 1.92. The van der Waals surface area contributed by atoms with E-state index in [0.717, 1.165) is 11.0 Å². The predicted molar refractivity (Wildman–Crippen MR) is 46.1 cm³/mol. The third-order valence-corrected chi connectivity index (χ3v) is 1.26. The molecule has 0 aliphatic heterocycles. The second kappa shape index (κ2) is 5.22. The van der Waals surface area contributed by atoms with Gasteiger partial charge < -0.3 is 14.0 Å². The summed E-state index contributed by atoms with van der Waals surface area (Å²) < 4.78 is 9.80. The summed E-state index contributed by atoms with van der Waals surface area (Å²) in [5.74, 6) is 0. The Bertz CT molecular complexity index is 144. The van der Waals surface area contributed by atoms with Crippen LogP contribution in [0.25, 0.3) is 0 Å². The van der Waals surface area contributed by atoms with E-state index in [9.17, 15) is 4.79 Å². The molecule has 0 aromatic heterocycles. The summed E-state index contributed by atoms with van der Waals surface area (Å²) in [6, 6.07) is -0.163. The maximum atomic E-state index is 10.6. The molecule has 0 N–H and O–H groups in total. The normalized spacial score (nSPS) is 11.0. The lowest BCUT2D eigenvalue weighted by Crippen LogP contribution is -2.38. The van der Waals surface area contributed by atoms with Crippen LogP contribution in [0.3, 0.4) is 0 Å². The molecule has 0 unspecified atom stereocenters. The van der Waals surface area contributed by atoms with Crippen LogP contribution in [0.5, 0.6) is 0 Å². The van der Waals surface area contributed by atoms with Crippen molar-refractivity contribution < 1.29 is 18.8 Å². The van der Waals surface area contributed by atoms with E-state index in [-0.39, 0.29) is 6.07 Å². The van der Waals surface area contributed by atoms with Crippen molar-refractivity contribution in [1.29, 1.82) is 0 Å². The molecule has 0 heterocycles. The Morgan fingerprint density at radius 3 is 2.33 bits per heavy atom. The molecule has 4 nitrogen and oxygen atoms in total. The number of alkyl halides is 1. The largest absolute Gasteiger partial charge is 0.509 e. The van der Waals surface area contributed by atoms with Gasteiger partial charge >= 0.3 is 6.16 Å².